The van der Waals surface area contributed by atoms with E-state index < -0.39 is 4.92 Å². The van der Waals surface area contributed by atoms with Crippen LogP contribution >= 0.6 is 11.6 Å². The van der Waals surface area contributed by atoms with Gasteiger partial charge < -0.3 is 5.11 Å². The number of nitrogens with zero attached hydrogens (tertiary/aromatic N) is 1. The van der Waals surface area contributed by atoms with Crippen LogP contribution in [0.5, 0.6) is 5.75 Å². The van der Waals surface area contributed by atoms with E-state index in [4.69, 9.17) is 11.6 Å². The molecule has 5 heteroatoms. The third-order valence-electron chi connectivity index (χ3n) is 2.56. The van der Waals surface area contributed by atoms with E-state index in [2.05, 4.69) is 0 Å². The molecule has 2 rings (SSSR count). The normalized spacial score (nSPS) is 10.3. The number of benzene rings is 2. The van der Waals surface area contributed by atoms with Gasteiger partial charge in [0.05, 0.1) is 4.92 Å². The van der Waals surface area contributed by atoms with Crippen molar-refractivity contribution in [1.29, 1.82) is 0 Å². The molecule has 0 fully saturated rings. The fourth-order valence-electron chi connectivity index (χ4n) is 1.70. The van der Waals surface area contributed by atoms with Gasteiger partial charge in [0.1, 0.15) is 5.75 Å². The Morgan fingerprint density at radius 2 is 2.00 bits per heavy atom. The third-order valence-corrected chi connectivity index (χ3v) is 2.79. The number of phenolic OH excluding ortho intramolecular Hbond substituents is 1. The van der Waals surface area contributed by atoms with Crippen molar-refractivity contribution in [2.45, 2.75) is 6.42 Å². The molecule has 0 unspecified atom stereocenters. The summed E-state index contributed by atoms with van der Waals surface area (Å²) >= 11 is 5.85. The predicted octanol–water partition coefficient (Wildman–Crippen LogP) is 3.54. The molecule has 0 spiro atoms. The van der Waals surface area contributed by atoms with Gasteiger partial charge in [-0.25, -0.2) is 0 Å². The van der Waals surface area contributed by atoms with Crippen LogP contribution in [0.15, 0.2) is 42.5 Å². The van der Waals surface area contributed by atoms with Gasteiger partial charge in [-0.3, -0.25) is 10.1 Å². The van der Waals surface area contributed by atoms with Crippen molar-refractivity contribution in [3.05, 3.63) is 68.7 Å². The van der Waals surface area contributed by atoms with Crippen molar-refractivity contribution in [3.8, 4) is 5.75 Å². The second-order valence-corrected chi connectivity index (χ2v) is 4.31. The Morgan fingerprint density at radius 1 is 1.22 bits per heavy atom. The molecule has 0 aliphatic rings. The maximum absolute atomic E-state index is 10.7. The van der Waals surface area contributed by atoms with E-state index in [1.165, 1.54) is 18.2 Å². The van der Waals surface area contributed by atoms with Crippen molar-refractivity contribution in [2.24, 2.45) is 0 Å². The summed E-state index contributed by atoms with van der Waals surface area (Å²) in [5.41, 5.74) is 1.43. The number of non-ortho nitro benzene ring substituents is 1. The Bertz CT molecular complexity index is 599. The first kappa shape index (κ1) is 12.4. The van der Waals surface area contributed by atoms with Crippen molar-refractivity contribution >= 4 is 17.3 Å². The molecule has 92 valence electrons. The minimum Gasteiger partial charge on any atom is -0.508 e. The van der Waals surface area contributed by atoms with Gasteiger partial charge >= 0.3 is 0 Å². The molecule has 0 aliphatic heterocycles. The first-order chi connectivity index (χ1) is 8.56. The number of aromatic hydroxyl groups is 1. The van der Waals surface area contributed by atoms with Crippen LogP contribution in [0, 0.1) is 10.1 Å². The molecular weight excluding hydrogens is 254 g/mol. The highest BCUT2D eigenvalue weighted by atomic mass is 35.5. The summed E-state index contributed by atoms with van der Waals surface area (Å²) in [6.45, 7) is 0. The molecule has 0 radical (unpaired) electrons. The molecule has 0 heterocycles. The summed E-state index contributed by atoms with van der Waals surface area (Å²) in [6, 6.07) is 11.1. The maximum atomic E-state index is 10.7. The van der Waals surface area contributed by atoms with Crippen molar-refractivity contribution in [2.75, 3.05) is 0 Å². The van der Waals surface area contributed by atoms with Gasteiger partial charge in [-0.05, 0) is 29.3 Å². The van der Waals surface area contributed by atoms with Crippen LogP contribution in [-0.4, -0.2) is 10.0 Å². The molecular formula is C13H10ClNO3. The van der Waals surface area contributed by atoms with Gasteiger partial charge in [0, 0.05) is 23.6 Å². The molecule has 4 nitrogen and oxygen atoms in total. The Hall–Kier alpha value is -2.07. The van der Waals surface area contributed by atoms with Crippen LogP contribution in [0.2, 0.25) is 5.02 Å². The Morgan fingerprint density at radius 3 is 2.72 bits per heavy atom. The van der Waals surface area contributed by atoms with Crippen molar-refractivity contribution in [1.82, 2.24) is 0 Å². The quantitative estimate of drug-likeness (QED) is 0.680. The lowest BCUT2D eigenvalue weighted by Crippen LogP contribution is -1.92. The lowest BCUT2D eigenvalue weighted by molar-refractivity contribution is -0.384. The molecule has 0 bridgehead atoms. The monoisotopic (exact) mass is 263 g/mol. The Labute approximate surface area is 109 Å². The highest BCUT2D eigenvalue weighted by molar-refractivity contribution is 6.30. The smallest absolute Gasteiger partial charge is 0.269 e. The van der Waals surface area contributed by atoms with E-state index >= 15 is 0 Å². The lowest BCUT2D eigenvalue weighted by atomic mass is 10.0. The van der Waals surface area contributed by atoms with E-state index in [-0.39, 0.29) is 11.4 Å². The summed E-state index contributed by atoms with van der Waals surface area (Å²) in [6.07, 6.45) is 0.397. The SMILES string of the molecule is O=[N+]([O-])c1cccc(Cc2cc(Cl)ccc2O)c1. The lowest BCUT2D eigenvalue weighted by Gasteiger charge is -2.05. The standard InChI is InChI=1S/C13H10ClNO3/c14-11-4-5-13(16)10(8-11)6-9-2-1-3-12(7-9)15(17)18/h1-5,7-8,16H,6H2. The zero-order chi connectivity index (χ0) is 13.1. The number of hydrogen-bond acceptors (Lipinski definition) is 3. The molecule has 0 amide bonds. The highest BCUT2D eigenvalue weighted by Gasteiger charge is 2.08. The van der Waals surface area contributed by atoms with E-state index in [1.807, 2.05) is 0 Å². The van der Waals surface area contributed by atoms with E-state index in [9.17, 15) is 15.2 Å². The van der Waals surface area contributed by atoms with E-state index in [0.717, 1.165) is 5.56 Å². The summed E-state index contributed by atoms with van der Waals surface area (Å²) < 4.78 is 0. The number of nitro groups is 1. The topological polar surface area (TPSA) is 63.4 Å². The van der Waals surface area contributed by atoms with Crippen molar-refractivity contribution in [3.63, 3.8) is 0 Å². The van der Waals surface area contributed by atoms with Gasteiger partial charge in [0.25, 0.3) is 5.69 Å². The van der Waals surface area contributed by atoms with Crippen molar-refractivity contribution < 1.29 is 10.0 Å². The first-order valence-electron chi connectivity index (χ1n) is 5.27. The van der Waals surface area contributed by atoms with Crippen LogP contribution in [0.4, 0.5) is 5.69 Å². The Balaban J connectivity index is 2.31. The predicted molar refractivity (Wildman–Crippen MR) is 69.0 cm³/mol. The minimum atomic E-state index is -0.443. The molecule has 0 aliphatic carbocycles. The van der Waals surface area contributed by atoms with Gasteiger partial charge in [-0.15, -0.1) is 0 Å². The zero-order valence-corrected chi connectivity index (χ0v) is 10.1. The summed E-state index contributed by atoms with van der Waals surface area (Å²) in [4.78, 5) is 10.2. The van der Waals surface area contributed by atoms with Gasteiger partial charge in [0.2, 0.25) is 0 Å². The summed E-state index contributed by atoms with van der Waals surface area (Å²) in [7, 11) is 0. The Kier molecular flexibility index (Phi) is 3.48. The molecule has 0 aromatic heterocycles. The second-order valence-electron chi connectivity index (χ2n) is 3.88. The van der Waals surface area contributed by atoms with Crippen LogP contribution in [0.1, 0.15) is 11.1 Å². The fraction of sp³-hybridized carbons (Fsp3) is 0.0769. The molecule has 2 aromatic carbocycles. The largest absolute Gasteiger partial charge is 0.508 e. The van der Waals surface area contributed by atoms with E-state index in [1.54, 1.807) is 24.3 Å². The minimum absolute atomic E-state index is 0.0361. The average Bonchev–Trinajstić information content (AvgIpc) is 2.34. The maximum Gasteiger partial charge on any atom is 0.269 e. The van der Waals surface area contributed by atoms with Crippen LogP contribution in [0.25, 0.3) is 0 Å². The number of halogens is 1. The molecule has 2 aromatic rings. The van der Waals surface area contributed by atoms with Crippen LogP contribution < -0.4 is 0 Å². The van der Waals surface area contributed by atoms with Crippen LogP contribution in [0.3, 0.4) is 0 Å². The molecule has 1 N–H and O–H groups in total. The van der Waals surface area contributed by atoms with Gasteiger partial charge in [0.15, 0.2) is 0 Å². The number of nitro benzene ring substituents is 1. The fourth-order valence-corrected chi connectivity index (χ4v) is 1.89. The van der Waals surface area contributed by atoms with E-state index in [0.29, 0.717) is 17.0 Å². The summed E-state index contributed by atoms with van der Waals surface area (Å²) in [5, 5.41) is 20.9. The molecule has 0 saturated carbocycles. The molecule has 0 saturated heterocycles. The average molecular weight is 264 g/mol. The number of phenols is 1. The molecule has 0 atom stereocenters. The zero-order valence-electron chi connectivity index (χ0n) is 9.34. The molecule has 18 heavy (non-hydrogen) atoms. The number of hydrogen-bond donors (Lipinski definition) is 1. The second kappa shape index (κ2) is 5.06. The third kappa shape index (κ3) is 2.78. The number of rotatable bonds is 3. The first-order valence-corrected chi connectivity index (χ1v) is 5.65. The van der Waals surface area contributed by atoms with Crippen LogP contribution in [-0.2, 0) is 6.42 Å². The summed E-state index contributed by atoms with van der Waals surface area (Å²) in [5.74, 6) is 0.130. The van der Waals surface area contributed by atoms with Gasteiger partial charge in [-0.1, -0.05) is 23.7 Å². The highest BCUT2D eigenvalue weighted by Crippen LogP contribution is 2.25. The van der Waals surface area contributed by atoms with Gasteiger partial charge in [-0.2, -0.15) is 0 Å².